The van der Waals surface area contributed by atoms with Crippen LogP contribution in [0.15, 0.2) is 115 Å². The molecule has 5 heterocycles. The van der Waals surface area contributed by atoms with Gasteiger partial charge in [0.2, 0.25) is 6.33 Å². The standard InChI is InChI=1S/C68H67N5O.Pt/c1-39-28-60(69-37-51(39)42-29-40(2)70-41(3)30-42)73-56-22-18-17-20-47(56)48-26-24-45(35-58(48)73)74-46-25-27-52-59(36-46)72-38-71(16)57-23-19-21-53(63(57)72)68(52)61-49(31-43(64(4,5)6)33-54(61)66(10,11)12)50-32-44(65(7,8)9)34-55(62(50)68)67(13,14)15;/h17-34,37H,1-16H3;/q-2;. The second-order valence-electron chi connectivity index (χ2n) is 25.4. The number of fused-ring (bicyclic) bond motifs is 12. The second-order valence-corrected chi connectivity index (χ2v) is 25.4. The Labute approximate surface area is 458 Å². The fourth-order valence-electron chi connectivity index (χ4n) is 12.4. The van der Waals surface area contributed by atoms with E-state index in [1.807, 2.05) is 26.1 Å². The summed E-state index contributed by atoms with van der Waals surface area (Å²) in [5, 5.41) is 2.21. The fraction of sp³-hybridized carbons (Fsp3) is 0.309. The van der Waals surface area contributed by atoms with Crippen molar-refractivity contribution >= 4 is 32.8 Å². The van der Waals surface area contributed by atoms with Gasteiger partial charge in [-0.05, 0) is 133 Å². The Kier molecular flexibility index (Phi) is 11.4. The van der Waals surface area contributed by atoms with Crippen LogP contribution in [-0.2, 0) is 55.2 Å². The first kappa shape index (κ1) is 50.5. The minimum Gasteiger partial charge on any atom is -0.510 e. The number of benzene rings is 6. The summed E-state index contributed by atoms with van der Waals surface area (Å²) in [5.74, 6) is 2.02. The molecule has 0 radical (unpaired) electrons. The van der Waals surface area contributed by atoms with E-state index in [0.29, 0.717) is 11.5 Å². The number of hydrogen-bond acceptors (Lipinski definition) is 3. The first-order valence-electron chi connectivity index (χ1n) is 26.3. The van der Waals surface area contributed by atoms with E-state index in [4.69, 9.17) is 9.72 Å². The molecule has 0 unspecified atom stereocenters. The summed E-state index contributed by atoms with van der Waals surface area (Å²) in [6.45, 7) is 34.7. The molecule has 1 spiro atoms. The van der Waals surface area contributed by atoms with Crippen molar-refractivity contribution in [2.75, 3.05) is 0 Å². The van der Waals surface area contributed by atoms with Gasteiger partial charge in [0.05, 0.1) is 18.1 Å². The molecule has 1 aliphatic heterocycles. The number of imidazole rings is 1. The van der Waals surface area contributed by atoms with Crippen LogP contribution in [0.1, 0.15) is 145 Å². The first-order valence-corrected chi connectivity index (χ1v) is 26.3. The van der Waals surface area contributed by atoms with Gasteiger partial charge in [-0.25, -0.2) is 4.98 Å². The topological polar surface area (TPSA) is 48.8 Å². The quantitative estimate of drug-likeness (QED) is 0.130. The SMILES string of the molecule is Cc1cc(-c2cnc(-n3c4[c-]c(Oc5[c-]c6c(cc5)C5(c7c(cc(C(C)(C)C)cc7C(C)(C)C)-c7cc(C(C)(C)C)cc(C(C)(C)C)c75)c5cccc7c5n-6[c-][n+]7C)ccc4c4ccccc43)cc2C)cc(C)n1.[Pt]. The Hall–Kier alpha value is -6.62. The minimum atomic E-state index is -0.705. The molecule has 0 fully saturated rings. The van der Waals surface area contributed by atoms with Gasteiger partial charge in [0.1, 0.15) is 5.82 Å². The summed E-state index contributed by atoms with van der Waals surface area (Å²) in [6.07, 6.45) is 5.75. The van der Waals surface area contributed by atoms with E-state index in [1.54, 1.807) is 0 Å². The number of nitrogens with zero attached hydrogens (tertiary/aromatic N) is 5. The number of hydrogen-bond donors (Lipinski definition) is 0. The third-order valence-electron chi connectivity index (χ3n) is 15.9. The zero-order chi connectivity index (χ0) is 52.3. The van der Waals surface area contributed by atoms with Crippen molar-refractivity contribution in [1.29, 1.82) is 0 Å². The molecule has 0 N–H and O–H groups in total. The van der Waals surface area contributed by atoms with Crippen molar-refractivity contribution in [3.8, 4) is 45.3 Å². The van der Waals surface area contributed by atoms with Crippen molar-refractivity contribution in [2.24, 2.45) is 7.05 Å². The molecule has 0 saturated carbocycles. The van der Waals surface area contributed by atoms with Crippen LogP contribution in [0.25, 0.3) is 66.6 Å². The number of pyridine rings is 2. The van der Waals surface area contributed by atoms with E-state index in [9.17, 15) is 0 Å². The Balaban J connectivity index is 0.00000602. The summed E-state index contributed by atoms with van der Waals surface area (Å²) in [6, 6.07) is 48.3. The predicted molar refractivity (Wildman–Crippen MR) is 303 cm³/mol. The Morgan fingerprint density at radius 2 is 1.19 bits per heavy atom. The van der Waals surface area contributed by atoms with Gasteiger partial charge in [0.15, 0.2) is 0 Å². The van der Waals surface area contributed by atoms with Gasteiger partial charge >= 0.3 is 0 Å². The summed E-state index contributed by atoms with van der Waals surface area (Å²) < 4.78 is 13.6. The molecule has 10 aromatic rings. The van der Waals surface area contributed by atoms with E-state index in [-0.39, 0.29) is 42.7 Å². The molecular formula is C68H67N5OPt-2. The number of ether oxygens (including phenoxy) is 1. The van der Waals surface area contributed by atoms with Crippen LogP contribution in [0, 0.1) is 39.2 Å². The number of aryl methyl sites for hydroxylation is 4. The molecule has 6 aromatic carbocycles. The molecule has 1 aliphatic carbocycles. The minimum absolute atomic E-state index is 0. The zero-order valence-corrected chi connectivity index (χ0v) is 48.7. The largest absolute Gasteiger partial charge is 0.510 e. The number of aromatic nitrogens is 5. The fourth-order valence-corrected chi connectivity index (χ4v) is 12.4. The van der Waals surface area contributed by atoms with Crippen LogP contribution in [-0.4, -0.2) is 19.1 Å². The molecule has 0 saturated heterocycles. The molecule has 2 aliphatic rings. The van der Waals surface area contributed by atoms with Crippen molar-refractivity contribution < 1.29 is 30.4 Å². The van der Waals surface area contributed by atoms with Crippen molar-refractivity contribution in [2.45, 2.75) is 131 Å². The first-order chi connectivity index (χ1) is 34.8. The normalized spacial score (nSPS) is 13.9. The van der Waals surface area contributed by atoms with Gasteiger partial charge in [-0.3, -0.25) is 4.98 Å². The van der Waals surface area contributed by atoms with Crippen LogP contribution in [0.5, 0.6) is 11.5 Å². The molecular weight excluding hydrogens is 1100 g/mol. The molecule has 0 amide bonds. The van der Waals surface area contributed by atoms with Gasteiger partial charge in [-0.2, -0.15) is 12.1 Å². The monoisotopic (exact) mass is 1160 g/mol. The summed E-state index contributed by atoms with van der Waals surface area (Å²) >= 11 is 0. The van der Waals surface area contributed by atoms with E-state index in [1.165, 1.54) is 55.6 Å². The summed E-state index contributed by atoms with van der Waals surface area (Å²) in [7, 11) is 2.11. The van der Waals surface area contributed by atoms with E-state index in [0.717, 1.165) is 72.4 Å². The Morgan fingerprint density at radius 1 is 0.587 bits per heavy atom. The van der Waals surface area contributed by atoms with Crippen LogP contribution in [0.2, 0.25) is 0 Å². The van der Waals surface area contributed by atoms with Crippen molar-refractivity contribution in [3.63, 3.8) is 0 Å². The molecule has 0 bridgehead atoms. The van der Waals surface area contributed by atoms with Crippen LogP contribution in [0.4, 0.5) is 0 Å². The van der Waals surface area contributed by atoms with Crippen LogP contribution < -0.4 is 9.30 Å². The molecule has 6 nitrogen and oxygen atoms in total. The number of para-hydroxylation sites is 2. The zero-order valence-electron chi connectivity index (χ0n) is 46.4. The van der Waals surface area contributed by atoms with E-state index < -0.39 is 5.41 Å². The average molecular weight is 1170 g/mol. The van der Waals surface area contributed by atoms with Gasteiger partial charge in [0.25, 0.3) is 0 Å². The molecule has 75 heavy (non-hydrogen) atoms. The van der Waals surface area contributed by atoms with Gasteiger partial charge in [0, 0.05) is 66.6 Å². The van der Waals surface area contributed by atoms with Crippen LogP contribution >= 0.6 is 0 Å². The number of rotatable bonds is 4. The average Bonchev–Trinajstić information content (AvgIpc) is 4.00. The maximum absolute atomic E-state index is 7.02. The van der Waals surface area contributed by atoms with Crippen LogP contribution in [0.3, 0.4) is 0 Å². The maximum atomic E-state index is 7.02. The predicted octanol–water partition coefficient (Wildman–Crippen LogP) is 16.0. The third kappa shape index (κ3) is 7.70. The maximum Gasteiger partial charge on any atom is 0.242 e. The molecule has 0 atom stereocenters. The summed E-state index contributed by atoms with van der Waals surface area (Å²) in [5.41, 5.74) is 22.4. The van der Waals surface area contributed by atoms with Crippen molar-refractivity contribution in [3.05, 3.63) is 195 Å². The van der Waals surface area contributed by atoms with Crippen molar-refractivity contribution in [1.82, 2.24) is 19.1 Å². The Bertz CT molecular complexity index is 3920. The third-order valence-corrected chi connectivity index (χ3v) is 15.9. The van der Waals surface area contributed by atoms with E-state index in [2.05, 4.69) is 237 Å². The van der Waals surface area contributed by atoms with Gasteiger partial charge < -0.3 is 18.4 Å². The molecule has 4 aromatic heterocycles. The second kappa shape index (κ2) is 16.9. The van der Waals surface area contributed by atoms with Gasteiger partial charge in [-0.1, -0.05) is 155 Å². The molecule has 12 rings (SSSR count). The van der Waals surface area contributed by atoms with E-state index >= 15 is 0 Å². The molecule has 7 heteroatoms. The van der Waals surface area contributed by atoms with Gasteiger partial charge in [-0.15, -0.1) is 35.2 Å². The molecule has 382 valence electrons. The summed E-state index contributed by atoms with van der Waals surface area (Å²) in [4.78, 5) is 9.75. The smallest absolute Gasteiger partial charge is 0.242 e. The Morgan fingerprint density at radius 3 is 1.79 bits per heavy atom.